The van der Waals surface area contributed by atoms with Crippen LogP contribution in [0.2, 0.25) is 5.02 Å². The third-order valence-electron chi connectivity index (χ3n) is 3.93. The number of carbonyl (C=O) groups excluding carboxylic acids is 1. The summed E-state index contributed by atoms with van der Waals surface area (Å²) in [4.78, 5) is 15.6. The Kier molecular flexibility index (Phi) is 5.94. The normalized spacial score (nSPS) is 10.8. The monoisotopic (exact) mass is 441 g/mol. The van der Waals surface area contributed by atoms with E-state index in [1.807, 2.05) is 64.5 Å². The number of nitrogens with one attached hydrogen (secondary N) is 1. The Bertz CT molecular complexity index is 1130. The van der Waals surface area contributed by atoms with Crippen LogP contribution in [-0.4, -0.2) is 25.7 Å². The Hall–Kier alpha value is -2.68. The Morgan fingerprint density at radius 1 is 1.14 bits per heavy atom. The molecule has 146 valence electrons. The lowest BCUT2D eigenvalue weighted by Gasteiger charge is -2.10. The number of anilines is 1. The van der Waals surface area contributed by atoms with Crippen molar-refractivity contribution < 1.29 is 4.79 Å². The van der Waals surface area contributed by atoms with Gasteiger partial charge in [0.2, 0.25) is 5.91 Å². The molecule has 0 aliphatic rings. The van der Waals surface area contributed by atoms with E-state index < -0.39 is 0 Å². The van der Waals surface area contributed by atoms with Crippen LogP contribution >= 0.6 is 34.7 Å². The average molecular weight is 442 g/mol. The van der Waals surface area contributed by atoms with Crippen molar-refractivity contribution in [2.75, 3.05) is 5.32 Å². The fraction of sp³-hybridized carbons (Fsp3) is 0.100. The zero-order valence-corrected chi connectivity index (χ0v) is 17.8. The maximum atomic E-state index is 11.2. The summed E-state index contributed by atoms with van der Waals surface area (Å²) in [6.07, 6.45) is 0. The highest BCUT2D eigenvalue weighted by Crippen LogP contribution is 2.30. The number of carbonyl (C=O) groups is 1. The molecule has 0 fully saturated rings. The zero-order chi connectivity index (χ0) is 20.2. The molecule has 0 aliphatic heterocycles. The zero-order valence-electron chi connectivity index (χ0n) is 15.4. The van der Waals surface area contributed by atoms with Gasteiger partial charge >= 0.3 is 0 Å². The van der Waals surface area contributed by atoms with Gasteiger partial charge in [0.15, 0.2) is 16.1 Å². The molecule has 0 bridgehead atoms. The molecule has 0 saturated carbocycles. The SMILES string of the molecule is CC(=O)Nc1nc(CSc2nnc(-c3ccccc3)n2-c2ccc(Cl)cc2)cs1. The molecule has 0 spiro atoms. The summed E-state index contributed by atoms with van der Waals surface area (Å²) in [5.74, 6) is 1.23. The summed E-state index contributed by atoms with van der Waals surface area (Å²) in [6.45, 7) is 1.47. The van der Waals surface area contributed by atoms with Gasteiger partial charge in [-0.25, -0.2) is 4.98 Å². The molecule has 4 aromatic rings. The molecule has 0 saturated heterocycles. The van der Waals surface area contributed by atoms with Crippen molar-refractivity contribution in [3.05, 3.63) is 70.7 Å². The number of aromatic nitrogens is 4. The largest absolute Gasteiger partial charge is 0.302 e. The van der Waals surface area contributed by atoms with Gasteiger partial charge in [0, 0.05) is 34.3 Å². The Balaban J connectivity index is 1.64. The minimum atomic E-state index is -0.131. The molecule has 0 aliphatic carbocycles. The Morgan fingerprint density at radius 3 is 2.62 bits per heavy atom. The van der Waals surface area contributed by atoms with Crippen molar-refractivity contribution >= 4 is 45.7 Å². The van der Waals surface area contributed by atoms with Crippen molar-refractivity contribution in [1.29, 1.82) is 0 Å². The molecular weight excluding hydrogens is 426 g/mol. The molecule has 0 unspecified atom stereocenters. The molecule has 4 rings (SSSR count). The van der Waals surface area contributed by atoms with E-state index in [0.29, 0.717) is 15.9 Å². The van der Waals surface area contributed by atoms with Crippen molar-refractivity contribution in [2.24, 2.45) is 0 Å². The molecular formula is C20H16ClN5OS2. The van der Waals surface area contributed by atoms with E-state index in [2.05, 4.69) is 20.5 Å². The topological polar surface area (TPSA) is 72.7 Å². The second-order valence-corrected chi connectivity index (χ2v) is 8.33. The molecule has 1 amide bonds. The summed E-state index contributed by atoms with van der Waals surface area (Å²) in [5.41, 5.74) is 2.78. The number of hydrogen-bond donors (Lipinski definition) is 1. The first-order chi connectivity index (χ1) is 14.1. The van der Waals surface area contributed by atoms with E-state index in [1.54, 1.807) is 0 Å². The molecule has 0 atom stereocenters. The molecule has 2 heterocycles. The fourth-order valence-electron chi connectivity index (χ4n) is 2.68. The molecule has 1 N–H and O–H groups in total. The molecule has 6 nitrogen and oxygen atoms in total. The van der Waals surface area contributed by atoms with Gasteiger partial charge in [-0.1, -0.05) is 53.7 Å². The average Bonchev–Trinajstić information content (AvgIpc) is 3.34. The van der Waals surface area contributed by atoms with Crippen molar-refractivity contribution in [2.45, 2.75) is 17.8 Å². The van der Waals surface area contributed by atoms with Crippen LogP contribution in [0.5, 0.6) is 0 Å². The van der Waals surface area contributed by atoms with E-state index in [1.165, 1.54) is 30.0 Å². The maximum Gasteiger partial charge on any atom is 0.223 e. The van der Waals surface area contributed by atoms with Gasteiger partial charge in [-0.3, -0.25) is 9.36 Å². The third-order valence-corrected chi connectivity index (χ3v) is 5.96. The van der Waals surface area contributed by atoms with Gasteiger partial charge < -0.3 is 5.32 Å². The molecule has 2 aromatic heterocycles. The van der Waals surface area contributed by atoms with Gasteiger partial charge in [0.25, 0.3) is 0 Å². The minimum absolute atomic E-state index is 0.131. The Labute approximate surface area is 181 Å². The highest BCUT2D eigenvalue weighted by Gasteiger charge is 2.17. The fourth-order valence-corrected chi connectivity index (χ4v) is 4.51. The number of amides is 1. The lowest BCUT2D eigenvalue weighted by atomic mass is 10.2. The van der Waals surface area contributed by atoms with Crippen LogP contribution in [0.4, 0.5) is 5.13 Å². The second-order valence-electron chi connectivity index (χ2n) is 6.10. The lowest BCUT2D eigenvalue weighted by Crippen LogP contribution is -2.05. The third kappa shape index (κ3) is 4.67. The highest BCUT2D eigenvalue weighted by molar-refractivity contribution is 7.98. The van der Waals surface area contributed by atoms with Gasteiger partial charge in [-0.05, 0) is 24.3 Å². The number of thiazole rings is 1. The summed E-state index contributed by atoms with van der Waals surface area (Å²) < 4.78 is 2.01. The quantitative estimate of drug-likeness (QED) is 0.411. The number of hydrogen-bond acceptors (Lipinski definition) is 6. The number of halogens is 1. The van der Waals surface area contributed by atoms with E-state index in [0.717, 1.165) is 27.9 Å². The van der Waals surface area contributed by atoms with Crippen LogP contribution in [0, 0.1) is 0 Å². The van der Waals surface area contributed by atoms with Gasteiger partial charge in [-0.15, -0.1) is 21.5 Å². The second kappa shape index (κ2) is 8.77. The summed E-state index contributed by atoms with van der Waals surface area (Å²) in [5, 5.41) is 15.5. The number of thioether (sulfide) groups is 1. The summed E-state index contributed by atoms with van der Waals surface area (Å²) >= 11 is 9.00. The first-order valence-corrected chi connectivity index (χ1v) is 11.0. The van der Waals surface area contributed by atoms with Crippen LogP contribution in [0.25, 0.3) is 17.1 Å². The van der Waals surface area contributed by atoms with E-state index in [-0.39, 0.29) is 5.91 Å². The maximum absolute atomic E-state index is 11.2. The van der Waals surface area contributed by atoms with Crippen LogP contribution in [0.3, 0.4) is 0 Å². The van der Waals surface area contributed by atoms with Gasteiger partial charge in [0.1, 0.15) is 0 Å². The minimum Gasteiger partial charge on any atom is -0.302 e. The van der Waals surface area contributed by atoms with Crippen LogP contribution in [0.15, 0.2) is 65.1 Å². The molecule has 2 aromatic carbocycles. The van der Waals surface area contributed by atoms with Crippen molar-refractivity contribution in [3.8, 4) is 17.1 Å². The first-order valence-electron chi connectivity index (χ1n) is 8.72. The van der Waals surface area contributed by atoms with Crippen LogP contribution in [0.1, 0.15) is 12.6 Å². The predicted molar refractivity (Wildman–Crippen MR) is 118 cm³/mol. The highest BCUT2D eigenvalue weighted by atomic mass is 35.5. The first kappa shape index (κ1) is 19.6. The van der Waals surface area contributed by atoms with Gasteiger partial charge in [0.05, 0.1) is 5.69 Å². The number of nitrogens with zero attached hydrogens (tertiary/aromatic N) is 4. The summed E-state index contributed by atoms with van der Waals surface area (Å²) in [7, 11) is 0. The number of benzene rings is 2. The standard InChI is InChI=1S/C20H16ClN5OS2/c1-13(27)22-19-23-16(11-28-19)12-29-20-25-24-18(14-5-3-2-4-6-14)26(20)17-9-7-15(21)8-10-17/h2-11H,12H2,1H3,(H,22,23,27). The van der Waals surface area contributed by atoms with E-state index in [4.69, 9.17) is 11.6 Å². The van der Waals surface area contributed by atoms with Crippen molar-refractivity contribution in [3.63, 3.8) is 0 Å². The van der Waals surface area contributed by atoms with E-state index in [9.17, 15) is 4.79 Å². The molecule has 0 radical (unpaired) electrons. The van der Waals surface area contributed by atoms with Crippen LogP contribution in [-0.2, 0) is 10.5 Å². The molecule has 9 heteroatoms. The van der Waals surface area contributed by atoms with Crippen molar-refractivity contribution in [1.82, 2.24) is 19.7 Å². The molecule has 29 heavy (non-hydrogen) atoms. The van der Waals surface area contributed by atoms with E-state index >= 15 is 0 Å². The van der Waals surface area contributed by atoms with Crippen LogP contribution < -0.4 is 5.32 Å². The Morgan fingerprint density at radius 2 is 1.90 bits per heavy atom. The smallest absolute Gasteiger partial charge is 0.223 e. The van der Waals surface area contributed by atoms with Gasteiger partial charge in [-0.2, -0.15) is 0 Å². The lowest BCUT2D eigenvalue weighted by molar-refractivity contribution is -0.114. The summed E-state index contributed by atoms with van der Waals surface area (Å²) in [6, 6.07) is 17.5. The predicted octanol–water partition coefficient (Wildman–Crippen LogP) is 5.29. The number of rotatable bonds is 6.